The topological polar surface area (TPSA) is 98.7 Å². The molecule has 21 heavy (non-hydrogen) atoms. The summed E-state index contributed by atoms with van der Waals surface area (Å²) in [6.07, 6.45) is 1.92. The minimum Gasteiger partial charge on any atom is -0.481 e. The molecule has 0 aliphatic carbocycles. The second-order valence-corrected chi connectivity index (χ2v) is 6.47. The molecule has 2 aliphatic rings. The Balaban J connectivity index is 1.93. The fourth-order valence-electron chi connectivity index (χ4n) is 2.90. The summed E-state index contributed by atoms with van der Waals surface area (Å²) in [5.41, 5.74) is -0.843. The van der Waals surface area contributed by atoms with Crippen molar-refractivity contribution in [3.05, 3.63) is 0 Å². The highest BCUT2D eigenvalue weighted by atomic mass is 16.4. The van der Waals surface area contributed by atoms with Gasteiger partial charge in [-0.3, -0.25) is 9.59 Å². The molecule has 3 N–H and O–H groups in total. The number of carboxylic acids is 1. The molecule has 2 atom stereocenters. The van der Waals surface area contributed by atoms with Crippen LogP contribution < -0.4 is 10.6 Å². The van der Waals surface area contributed by atoms with Gasteiger partial charge in [0.15, 0.2) is 0 Å². The number of hydrogen-bond acceptors (Lipinski definition) is 3. The van der Waals surface area contributed by atoms with Crippen molar-refractivity contribution in [3.8, 4) is 0 Å². The van der Waals surface area contributed by atoms with Crippen molar-refractivity contribution in [1.82, 2.24) is 15.5 Å². The second-order valence-electron chi connectivity index (χ2n) is 6.47. The number of rotatable bonds is 3. The largest absolute Gasteiger partial charge is 0.481 e. The average Bonchev–Trinajstić information content (AvgIpc) is 2.84. The van der Waals surface area contributed by atoms with E-state index in [1.54, 1.807) is 18.7 Å². The van der Waals surface area contributed by atoms with Crippen LogP contribution in [0, 0.1) is 11.3 Å². The molecular formula is C14H23N3O4. The van der Waals surface area contributed by atoms with Crippen LogP contribution in [0.2, 0.25) is 0 Å². The normalized spacial score (nSPS) is 26.4. The van der Waals surface area contributed by atoms with Crippen molar-refractivity contribution in [2.24, 2.45) is 11.3 Å². The number of urea groups is 1. The number of nitrogens with one attached hydrogen (secondary N) is 2. The molecule has 7 heteroatoms. The van der Waals surface area contributed by atoms with Gasteiger partial charge < -0.3 is 20.6 Å². The van der Waals surface area contributed by atoms with Crippen LogP contribution in [0.4, 0.5) is 4.79 Å². The van der Waals surface area contributed by atoms with E-state index in [1.807, 2.05) is 0 Å². The van der Waals surface area contributed by atoms with Gasteiger partial charge in [0.2, 0.25) is 5.91 Å². The summed E-state index contributed by atoms with van der Waals surface area (Å²) in [6, 6.07) is -0.375. The summed E-state index contributed by atoms with van der Waals surface area (Å²) >= 11 is 0. The number of aliphatic carboxylic acids is 1. The van der Waals surface area contributed by atoms with E-state index < -0.39 is 11.4 Å². The van der Waals surface area contributed by atoms with E-state index in [0.717, 1.165) is 12.8 Å². The van der Waals surface area contributed by atoms with Crippen molar-refractivity contribution in [2.45, 2.75) is 39.2 Å². The Labute approximate surface area is 124 Å². The molecule has 0 saturated carbocycles. The van der Waals surface area contributed by atoms with E-state index >= 15 is 0 Å². The molecular weight excluding hydrogens is 274 g/mol. The Hall–Kier alpha value is -1.79. The van der Waals surface area contributed by atoms with Crippen molar-refractivity contribution < 1.29 is 19.5 Å². The molecule has 0 aromatic rings. The highest BCUT2D eigenvalue weighted by Gasteiger charge is 2.40. The third-order valence-electron chi connectivity index (χ3n) is 4.59. The molecule has 2 fully saturated rings. The second kappa shape index (κ2) is 5.91. The van der Waals surface area contributed by atoms with Crippen LogP contribution >= 0.6 is 0 Å². The third-order valence-corrected chi connectivity index (χ3v) is 4.59. The first-order chi connectivity index (χ1) is 9.80. The Morgan fingerprint density at radius 1 is 1.43 bits per heavy atom. The van der Waals surface area contributed by atoms with Crippen LogP contribution in [0.15, 0.2) is 0 Å². The molecule has 0 aromatic carbocycles. The lowest BCUT2D eigenvalue weighted by Gasteiger charge is -2.39. The van der Waals surface area contributed by atoms with E-state index in [-0.39, 0.29) is 23.9 Å². The van der Waals surface area contributed by atoms with Crippen LogP contribution in [-0.2, 0) is 9.59 Å². The first-order valence-corrected chi connectivity index (χ1v) is 7.36. The summed E-state index contributed by atoms with van der Waals surface area (Å²) in [4.78, 5) is 36.4. The zero-order chi connectivity index (χ0) is 15.6. The molecule has 0 spiro atoms. The summed E-state index contributed by atoms with van der Waals surface area (Å²) in [7, 11) is 0. The van der Waals surface area contributed by atoms with Crippen LogP contribution in [0.3, 0.4) is 0 Å². The molecule has 2 heterocycles. The van der Waals surface area contributed by atoms with Gasteiger partial charge in [-0.2, -0.15) is 0 Å². The smallest absolute Gasteiger partial charge is 0.317 e. The quantitative estimate of drug-likeness (QED) is 0.702. The number of nitrogens with zero attached hydrogens (tertiary/aromatic N) is 1. The highest BCUT2D eigenvalue weighted by molar-refractivity contribution is 5.81. The van der Waals surface area contributed by atoms with Gasteiger partial charge in [-0.25, -0.2) is 4.79 Å². The molecule has 3 amide bonds. The molecule has 0 aromatic heterocycles. The van der Waals surface area contributed by atoms with Gasteiger partial charge in [-0.1, -0.05) is 0 Å². The van der Waals surface area contributed by atoms with Gasteiger partial charge in [0.05, 0.1) is 11.5 Å². The van der Waals surface area contributed by atoms with Crippen molar-refractivity contribution >= 4 is 17.9 Å². The van der Waals surface area contributed by atoms with E-state index in [1.165, 1.54) is 0 Å². The van der Waals surface area contributed by atoms with E-state index in [0.29, 0.717) is 26.1 Å². The molecule has 7 nitrogen and oxygen atoms in total. The maximum atomic E-state index is 12.2. The molecule has 0 bridgehead atoms. The summed E-state index contributed by atoms with van der Waals surface area (Å²) in [5, 5.41) is 14.8. The zero-order valence-corrected chi connectivity index (χ0v) is 12.5. The van der Waals surface area contributed by atoms with Gasteiger partial charge in [-0.15, -0.1) is 0 Å². The first-order valence-electron chi connectivity index (χ1n) is 7.36. The number of carbonyl (C=O) groups excluding carboxylic acids is 2. The van der Waals surface area contributed by atoms with E-state index in [9.17, 15) is 19.5 Å². The maximum absolute atomic E-state index is 12.2. The number of hydrogen-bond donors (Lipinski definition) is 3. The van der Waals surface area contributed by atoms with Crippen molar-refractivity contribution in [2.75, 3.05) is 19.6 Å². The minimum absolute atomic E-state index is 0.0520. The monoisotopic (exact) mass is 297 g/mol. The van der Waals surface area contributed by atoms with Gasteiger partial charge in [0, 0.05) is 26.1 Å². The first kappa shape index (κ1) is 15.6. The predicted octanol–water partition coefficient (Wildman–Crippen LogP) is 0.407. The highest BCUT2D eigenvalue weighted by Crippen LogP contribution is 2.34. The Morgan fingerprint density at radius 2 is 2.14 bits per heavy atom. The number of carbonyl (C=O) groups is 3. The number of likely N-dealkylation sites (tertiary alicyclic amines) is 1. The minimum atomic E-state index is -0.843. The average molecular weight is 297 g/mol. The molecule has 2 unspecified atom stereocenters. The summed E-state index contributed by atoms with van der Waals surface area (Å²) in [6.45, 7) is 4.95. The maximum Gasteiger partial charge on any atom is 0.317 e. The molecule has 2 rings (SSSR count). The lowest BCUT2D eigenvalue weighted by molar-refractivity contribution is -0.151. The lowest BCUT2D eigenvalue weighted by Crippen LogP contribution is -2.52. The molecule has 0 radical (unpaired) electrons. The fraction of sp³-hybridized carbons (Fsp3) is 0.786. The fourth-order valence-corrected chi connectivity index (χ4v) is 2.90. The third kappa shape index (κ3) is 3.46. The number of carboxylic acid groups (broad SMARTS) is 1. The molecule has 2 saturated heterocycles. The molecule has 2 aliphatic heterocycles. The standard InChI is InChI=1S/C14H23N3O4/c1-14(2,12(19)20)9-4-3-5-17(8-9)13(21)16-10-6-11(18)15-7-10/h9-10H,3-8H2,1-2H3,(H,15,18)(H,16,21)(H,19,20). The lowest BCUT2D eigenvalue weighted by atomic mass is 9.74. The van der Waals surface area contributed by atoms with Gasteiger partial charge in [0.25, 0.3) is 0 Å². The van der Waals surface area contributed by atoms with Crippen molar-refractivity contribution in [3.63, 3.8) is 0 Å². The Bertz CT molecular complexity index is 450. The molecule has 118 valence electrons. The van der Waals surface area contributed by atoms with Gasteiger partial charge >= 0.3 is 12.0 Å². The zero-order valence-electron chi connectivity index (χ0n) is 12.5. The number of amides is 3. The van der Waals surface area contributed by atoms with E-state index in [4.69, 9.17) is 0 Å². The summed E-state index contributed by atoms with van der Waals surface area (Å²) in [5.74, 6) is -0.943. The summed E-state index contributed by atoms with van der Waals surface area (Å²) < 4.78 is 0. The van der Waals surface area contributed by atoms with Gasteiger partial charge in [-0.05, 0) is 32.6 Å². The van der Waals surface area contributed by atoms with E-state index in [2.05, 4.69) is 10.6 Å². The van der Waals surface area contributed by atoms with Gasteiger partial charge in [0.1, 0.15) is 0 Å². The number of piperidine rings is 1. The van der Waals surface area contributed by atoms with Crippen molar-refractivity contribution in [1.29, 1.82) is 0 Å². The van der Waals surface area contributed by atoms with Crippen LogP contribution in [0.25, 0.3) is 0 Å². The van der Waals surface area contributed by atoms with Crippen LogP contribution in [0.1, 0.15) is 33.1 Å². The predicted molar refractivity (Wildman–Crippen MR) is 75.7 cm³/mol. The van der Waals surface area contributed by atoms with Crippen LogP contribution in [-0.4, -0.2) is 53.6 Å². The Morgan fingerprint density at radius 3 is 2.71 bits per heavy atom. The SMILES string of the molecule is CC(C)(C(=O)O)C1CCCN(C(=O)NC2CNC(=O)C2)C1. The van der Waals surface area contributed by atoms with Crippen LogP contribution in [0.5, 0.6) is 0 Å². The Kier molecular flexibility index (Phi) is 4.39.